The number of thiophene rings is 1. The van der Waals surface area contributed by atoms with Crippen molar-refractivity contribution in [1.82, 2.24) is 15.1 Å². The number of aromatic nitrogens is 2. The molecule has 2 rings (SSSR count). The molecule has 0 fully saturated rings. The monoisotopic (exact) mass is 341 g/mol. The molecule has 19 heavy (non-hydrogen) atoms. The van der Waals surface area contributed by atoms with Crippen LogP contribution in [0.5, 0.6) is 0 Å². The summed E-state index contributed by atoms with van der Waals surface area (Å²) >= 11 is 5.30. The Morgan fingerprint density at radius 3 is 2.89 bits per heavy atom. The van der Waals surface area contributed by atoms with Gasteiger partial charge in [0.2, 0.25) is 0 Å². The van der Waals surface area contributed by atoms with Crippen LogP contribution in [0.2, 0.25) is 0 Å². The summed E-state index contributed by atoms with van der Waals surface area (Å²) in [5.41, 5.74) is 1.36. The van der Waals surface area contributed by atoms with Crippen LogP contribution in [0.3, 0.4) is 0 Å². The van der Waals surface area contributed by atoms with Gasteiger partial charge in [0.1, 0.15) is 0 Å². The van der Waals surface area contributed by atoms with Crippen LogP contribution in [0.15, 0.2) is 22.9 Å². The fourth-order valence-corrected chi connectivity index (χ4v) is 3.27. The number of hydrogen-bond acceptors (Lipinski definition) is 3. The molecule has 0 aliphatic carbocycles. The smallest absolute Gasteiger partial charge is 0.0670 e. The van der Waals surface area contributed by atoms with Crippen LogP contribution in [0, 0.1) is 12.8 Å². The molecule has 0 spiro atoms. The van der Waals surface area contributed by atoms with Gasteiger partial charge in [-0.2, -0.15) is 5.10 Å². The minimum absolute atomic E-state index is 0.696. The van der Waals surface area contributed by atoms with Crippen molar-refractivity contribution in [2.75, 3.05) is 6.54 Å². The van der Waals surface area contributed by atoms with Gasteiger partial charge in [0.25, 0.3) is 0 Å². The van der Waals surface area contributed by atoms with E-state index >= 15 is 0 Å². The quantitative estimate of drug-likeness (QED) is 0.865. The number of halogens is 1. The van der Waals surface area contributed by atoms with Gasteiger partial charge in [-0.15, -0.1) is 11.3 Å². The summed E-state index contributed by atoms with van der Waals surface area (Å²) in [6, 6.07) is 2.29. The first-order chi connectivity index (χ1) is 9.04. The van der Waals surface area contributed by atoms with Crippen molar-refractivity contribution in [3.8, 4) is 0 Å². The van der Waals surface area contributed by atoms with E-state index in [0.29, 0.717) is 5.92 Å². The molecule has 0 aliphatic heterocycles. The Hall–Kier alpha value is -0.650. The van der Waals surface area contributed by atoms with Gasteiger partial charge < -0.3 is 5.32 Å². The van der Waals surface area contributed by atoms with Gasteiger partial charge in [0.15, 0.2) is 0 Å². The van der Waals surface area contributed by atoms with E-state index in [9.17, 15) is 0 Å². The Kier molecular flexibility index (Phi) is 5.19. The molecule has 104 valence electrons. The highest BCUT2D eigenvalue weighted by Gasteiger charge is 2.07. The summed E-state index contributed by atoms with van der Waals surface area (Å²) in [5, 5.41) is 7.80. The van der Waals surface area contributed by atoms with Crippen molar-refractivity contribution in [3.63, 3.8) is 0 Å². The Balaban J connectivity index is 1.96. The van der Waals surface area contributed by atoms with E-state index in [2.05, 4.69) is 53.2 Å². The van der Waals surface area contributed by atoms with Crippen LogP contribution in [0.25, 0.3) is 0 Å². The van der Waals surface area contributed by atoms with Gasteiger partial charge >= 0.3 is 0 Å². The van der Waals surface area contributed by atoms with Crippen LogP contribution in [0.4, 0.5) is 0 Å². The predicted octanol–water partition coefficient (Wildman–Crippen LogP) is 3.81. The van der Waals surface area contributed by atoms with Crippen molar-refractivity contribution >= 4 is 27.3 Å². The molecule has 2 aromatic heterocycles. The summed E-state index contributed by atoms with van der Waals surface area (Å²) in [4.78, 5) is 2.78. The van der Waals surface area contributed by atoms with Crippen molar-refractivity contribution in [3.05, 3.63) is 38.3 Å². The van der Waals surface area contributed by atoms with Crippen LogP contribution in [-0.4, -0.2) is 16.3 Å². The molecule has 3 nitrogen and oxygen atoms in total. The normalized spacial score (nSPS) is 11.4. The van der Waals surface area contributed by atoms with E-state index in [1.807, 2.05) is 28.4 Å². The van der Waals surface area contributed by atoms with Gasteiger partial charge in [-0.25, -0.2) is 0 Å². The van der Waals surface area contributed by atoms with Gasteiger partial charge in [-0.05, 0) is 46.9 Å². The molecule has 0 atom stereocenters. The van der Waals surface area contributed by atoms with E-state index in [1.165, 1.54) is 15.3 Å². The fraction of sp³-hybridized carbons (Fsp3) is 0.500. The topological polar surface area (TPSA) is 29.9 Å². The van der Waals surface area contributed by atoms with E-state index in [0.717, 1.165) is 24.1 Å². The van der Waals surface area contributed by atoms with E-state index in [1.54, 1.807) is 0 Å². The zero-order valence-corrected chi connectivity index (χ0v) is 14.0. The van der Waals surface area contributed by atoms with Crippen LogP contribution >= 0.6 is 27.3 Å². The molecule has 0 aliphatic rings. The molecular weight excluding hydrogens is 322 g/mol. The third-order valence-corrected chi connectivity index (χ3v) is 4.36. The molecule has 0 saturated heterocycles. The van der Waals surface area contributed by atoms with Crippen LogP contribution in [0.1, 0.15) is 29.2 Å². The highest BCUT2D eigenvalue weighted by Crippen LogP contribution is 2.22. The van der Waals surface area contributed by atoms with Gasteiger partial charge in [0, 0.05) is 22.5 Å². The maximum Gasteiger partial charge on any atom is 0.0670 e. The highest BCUT2D eigenvalue weighted by molar-refractivity contribution is 9.10. The Morgan fingerprint density at radius 2 is 2.26 bits per heavy atom. The van der Waals surface area contributed by atoms with Crippen LogP contribution in [-0.2, 0) is 13.1 Å². The summed E-state index contributed by atoms with van der Waals surface area (Å²) in [6.45, 7) is 9.52. The van der Waals surface area contributed by atoms with Crippen molar-refractivity contribution in [2.45, 2.75) is 33.9 Å². The van der Waals surface area contributed by atoms with Crippen molar-refractivity contribution < 1.29 is 0 Å². The van der Waals surface area contributed by atoms with Gasteiger partial charge in [-0.1, -0.05) is 13.8 Å². The first kappa shape index (κ1) is 14.8. The third kappa shape index (κ3) is 4.44. The molecular formula is C14H20BrN3S. The minimum Gasteiger partial charge on any atom is -0.312 e. The second-order valence-electron chi connectivity index (χ2n) is 5.18. The standard InChI is InChI=1S/C14H20BrN3S/c1-10(2)5-16-7-14-4-12(11(3)19-14)8-18-9-13(15)6-17-18/h4,6,9-10,16H,5,7-8H2,1-3H3. The molecule has 2 heterocycles. The maximum absolute atomic E-state index is 4.31. The average Bonchev–Trinajstić information content (AvgIpc) is 2.87. The van der Waals surface area contributed by atoms with Gasteiger partial charge in [-0.3, -0.25) is 4.68 Å². The van der Waals surface area contributed by atoms with E-state index in [-0.39, 0.29) is 0 Å². The van der Waals surface area contributed by atoms with E-state index in [4.69, 9.17) is 0 Å². The minimum atomic E-state index is 0.696. The zero-order chi connectivity index (χ0) is 13.8. The predicted molar refractivity (Wildman–Crippen MR) is 84.6 cm³/mol. The first-order valence-corrected chi connectivity index (χ1v) is 8.12. The maximum atomic E-state index is 4.31. The van der Waals surface area contributed by atoms with Crippen molar-refractivity contribution in [1.29, 1.82) is 0 Å². The summed E-state index contributed by atoms with van der Waals surface area (Å²) in [5.74, 6) is 0.696. The second kappa shape index (κ2) is 6.68. The van der Waals surface area contributed by atoms with Crippen LogP contribution < -0.4 is 5.32 Å². The summed E-state index contributed by atoms with van der Waals surface area (Å²) in [7, 11) is 0. The molecule has 0 saturated carbocycles. The number of hydrogen-bond donors (Lipinski definition) is 1. The molecule has 0 amide bonds. The largest absolute Gasteiger partial charge is 0.312 e. The molecule has 1 N–H and O–H groups in total. The number of rotatable bonds is 6. The van der Waals surface area contributed by atoms with E-state index < -0.39 is 0 Å². The summed E-state index contributed by atoms with van der Waals surface area (Å²) in [6.07, 6.45) is 3.83. The third-order valence-electron chi connectivity index (χ3n) is 2.86. The Bertz CT molecular complexity index is 531. The highest BCUT2D eigenvalue weighted by atomic mass is 79.9. The zero-order valence-electron chi connectivity index (χ0n) is 11.6. The molecule has 0 aromatic carbocycles. The summed E-state index contributed by atoms with van der Waals surface area (Å²) < 4.78 is 2.99. The number of nitrogens with one attached hydrogen (secondary N) is 1. The molecule has 0 unspecified atom stereocenters. The lowest BCUT2D eigenvalue weighted by molar-refractivity contribution is 0.554. The lowest BCUT2D eigenvalue weighted by atomic mass is 10.2. The number of aryl methyl sites for hydroxylation is 1. The van der Waals surface area contributed by atoms with Gasteiger partial charge in [0.05, 0.1) is 17.2 Å². The lowest BCUT2D eigenvalue weighted by Crippen LogP contribution is -2.18. The van der Waals surface area contributed by atoms with Crippen molar-refractivity contribution in [2.24, 2.45) is 5.92 Å². The second-order valence-corrected chi connectivity index (χ2v) is 7.43. The fourth-order valence-electron chi connectivity index (χ4n) is 1.92. The first-order valence-electron chi connectivity index (χ1n) is 6.51. The Labute approximate surface area is 127 Å². The molecule has 5 heteroatoms. The average molecular weight is 342 g/mol. The molecule has 0 radical (unpaired) electrons. The Morgan fingerprint density at radius 1 is 1.47 bits per heavy atom. The lowest BCUT2D eigenvalue weighted by Gasteiger charge is -2.05. The SMILES string of the molecule is Cc1sc(CNCC(C)C)cc1Cn1cc(Br)cn1. The molecule has 0 bridgehead atoms. The number of nitrogens with zero attached hydrogens (tertiary/aromatic N) is 2. The molecule has 2 aromatic rings.